The summed E-state index contributed by atoms with van der Waals surface area (Å²) >= 11 is 0. The molecule has 0 bridgehead atoms. The summed E-state index contributed by atoms with van der Waals surface area (Å²) in [6.07, 6.45) is 4.50. The van der Waals surface area contributed by atoms with Crippen LogP contribution in [0.3, 0.4) is 0 Å². The van der Waals surface area contributed by atoms with Crippen LogP contribution in [0, 0.1) is 6.92 Å². The SMILES string of the molecule is Cc1ccc(C(=O)Nc2ccc3c(c2)C(Oc2cncc(C(N)=O)c2)CC3)cc1. The third-order valence-electron chi connectivity index (χ3n) is 5.02. The molecule has 6 heteroatoms. The predicted molar refractivity (Wildman–Crippen MR) is 110 cm³/mol. The minimum atomic E-state index is -0.545. The highest BCUT2D eigenvalue weighted by Crippen LogP contribution is 2.36. The molecule has 29 heavy (non-hydrogen) atoms. The smallest absolute Gasteiger partial charge is 0.255 e. The third-order valence-corrected chi connectivity index (χ3v) is 5.02. The number of benzene rings is 2. The molecule has 0 fully saturated rings. The van der Waals surface area contributed by atoms with E-state index in [0.29, 0.717) is 22.6 Å². The van der Waals surface area contributed by atoms with Crippen LogP contribution in [0.1, 0.15) is 49.9 Å². The van der Waals surface area contributed by atoms with Crippen molar-refractivity contribution in [1.82, 2.24) is 4.98 Å². The number of carbonyl (C=O) groups is 2. The van der Waals surface area contributed by atoms with E-state index in [2.05, 4.69) is 10.3 Å². The Kier molecular flexibility index (Phi) is 4.99. The van der Waals surface area contributed by atoms with Crippen LogP contribution in [0.5, 0.6) is 5.75 Å². The number of rotatable bonds is 5. The van der Waals surface area contributed by atoms with Gasteiger partial charge >= 0.3 is 0 Å². The highest BCUT2D eigenvalue weighted by Gasteiger charge is 2.25. The first-order valence-electron chi connectivity index (χ1n) is 9.42. The number of aryl methyl sites for hydroxylation is 2. The molecule has 0 saturated heterocycles. The largest absolute Gasteiger partial charge is 0.484 e. The number of ether oxygens (including phenoxy) is 1. The lowest BCUT2D eigenvalue weighted by atomic mass is 10.1. The van der Waals surface area contributed by atoms with Gasteiger partial charge in [0.05, 0.1) is 11.8 Å². The zero-order valence-electron chi connectivity index (χ0n) is 16.0. The van der Waals surface area contributed by atoms with Crippen LogP contribution < -0.4 is 15.8 Å². The molecule has 146 valence electrons. The summed E-state index contributed by atoms with van der Waals surface area (Å²) in [5.74, 6) is -0.206. The van der Waals surface area contributed by atoms with E-state index in [1.807, 2.05) is 49.4 Å². The van der Waals surface area contributed by atoms with Gasteiger partial charge in [-0.3, -0.25) is 14.6 Å². The minimum Gasteiger partial charge on any atom is -0.484 e. The Balaban J connectivity index is 1.52. The fraction of sp³-hybridized carbons (Fsp3) is 0.174. The molecular weight excluding hydrogens is 366 g/mol. The number of hydrogen-bond donors (Lipinski definition) is 2. The van der Waals surface area contributed by atoms with Gasteiger partial charge in [0.2, 0.25) is 5.91 Å². The average molecular weight is 387 g/mol. The second kappa shape index (κ2) is 7.75. The lowest BCUT2D eigenvalue weighted by Crippen LogP contribution is -2.13. The van der Waals surface area contributed by atoms with Crippen LogP contribution in [0.15, 0.2) is 60.9 Å². The van der Waals surface area contributed by atoms with Gasteiger partial charge < -0.3 is 15.8 Å². The van der Waals surface area contributed by atoms with E-state index < -0.39 is 5.91 Å². The highest BCUT2D eigenvalue weighted by atomic mass is 16.5. The lowest BCUT2D eigenvalue weighted by molar-refractivity contribution is 0.0996. The van der Waals surface area contributed by atoms with Gasteiger partial charge in [-0.05, 0) is 61.2 Å². The van der Waals surface area contributed by atoms with Crippen molar-refractivity contribution in [2.45, 2.75) is 25.9 Å². The van der Waals surface area contributed by atoms with Gasteiger partial charge in [-0.2, -0.15) is 0 Å². The predicted octanol–water partition coefficient (Wildman–Crippen LogP) is 3.81. The zero-order chi connectivity index (χ0) is 20.4. The maximum Gasteiger partial charge on any atom is 0.255 e. The molecule has 4 rings (SSSR count). The van der Waals surface area contributed by atoms with E-state index in [-0.39, 0.29) is 12.0 Å². The molecule has 1 unspecified atom stereocenters. The molecule has 1 atom stereocenters. The number of carbonyl (C=O) groups excluding carboxylic acids is 2. The van der Waals surface area contributed by atoms with Crippen molar-refractivity contribution in [3.8, 4) is 5.75 Å². The average Bonchev–Trinajstić information content (AvgIpc) is 3.10. The van der Waals surface area contributed by atoms with Crippen LogP contribution in [0.2, 0.25) is 0 Å². The number of aromatic nitrogens is 1. The van der Waals surface area contributed by atoms with Crippen molar-refractivity contribution in [1.29, 1.82) is 0 Å². The number of hydrogen-bond acceptors (Lipinski definition) is 4. The molecule has 0 saturated carbocycles. The fourth-order valence-corrected chi connectivity index (χ4v) is 3.46. The number of nitrogens with two attached hydrogens (primary N) is 1. The van der Waals surface area contributed by atoms with E-state index in [1.165, 1.54) is 11.8 Å². The second-order valence-electron chi connectivity index (χ2n) is 7.15. The van der Waals surface area contributed by atoms with E-state index in [0.717, 1.165) is 24.0 Å². The van der Waals surface area contributed by atoms with Crippen LogP contribution in [-0.2, 0) is 6.42 Å². The number of nitrogens with zero attached hydrogens (tertiary/aromatic N) is 1. The van der Waals surface area contributed by atoms with Crippen molar-refractivity contribution in [2.75, 3.05) is 5.32 Å². The van der Waals surface area contributed by atoms with Crippen molar-refractivity contribution >= 4 is 17.5 Å². The molecule has 2 amide bonds. The molecule has 3 aromatic rings. The van der Waals surface area contributed by atoms with Gasteiger partial charge in [0.25, 0.3) is 5.91 Å². The van der Waals surface area contributed by atoms with E-state index >= 15 is 0 Å². The topological polar surface area (TPSA) is 94.3 Å². The monoisotopic (exact) mass is 387 g/mol. The molecule has 1 heterocycles. The first-order chi connectivity index (χ1) is 14.0. The Hall–Kier alpha value is -3.67. The Morgan fingerprint density at radius 3 is 2.62 bits per heavy atom. The molecule has 0 radical (unpaired) electrons. The molecule has 0 aliphatic heterocycles. The molecule has 1 aliphatic carbocycles. The van der Waals surface area contributed by atoms with Gasteiger partial charge in [0, 0.05) is 17.4 Å². The standard InChI is InChI=1S/C23H21N3O3/c1-14-2-4-16(5-3-14)23(28)26-18-8-6-15-7-9-21(20(15)11-18)29-19-10-17(22(24)27)12-25-13-19/h2-6,8,10-13,21H,7,9H2,1H3,(H2,24,27)(H,26,28). The van der Waals surface area contributed by atoms with Crippen molar-refractivity contribution in [2.24, 2.45) is 5.73 Å². The first-order valence-corrected chi connectivity index (χ1v) is 9.42. The number of amides is 2. The highest BCUT2D eigenvalue weighted by molar-refractivity contribution is 6.04. The Morgan fingerprint density at radius 1 is 1.07 bits per heavy atom. The summed E-state index contributed by atoms with van der Waals surface area (Å²) < 4.78 is 6.07. The molecule has 6 nitrogen and oxygen atoms in total. The number of pyridine rings is 1. The Bertz CT molecular complexity index is 1080. The van der Waals surface area contributed by atoms with Gasteiger partial charge in [-0.25, -0.2) is 0 Å². The van der Waals surface area contributed by atoms with Crippen LogP contribution >= 0.6 is 0 Å². The fourth-order valence-electron chi connectivity index (χ4n) is 3.46. The van der Waals surface area contributed by atoms with E-state index in [1.54, 1.807) is 12.3 Å². The molecule has 0 spiro atoms. The lowest BCUT2D eigenvalue weighted by Gasteiger charge is -2.16. The minimum absolute atomic E-state index is 0.154. The van der Waals surface area contributed by atoms with Crippen molar-refractivity contribution < 1.29 is 14.3 Å². The molecular formula is C23H21N3O3. The van der Waals surface area contributed by atoms with Gasteiger partial charge in [0.1, 0.15) is 11.9 Å². The summed E-state index contributed by atoms with van der Waals surface area (Å²) in [4.78, 5) is 27.9. The summed E-state index contributed by atoms with van der Waals surface area (Å²) in [7, 11) is 0. The van der Waals surface area contributed by atoms with Gasteiger partial charge in [-0.15, -0.1) is 0 Å². The summed E-state index contributed by atoms with van der Waals surface area (Å²) in [5, 5.41) is 2.95. The second-order valence-corrected chi connectivity index (χ2v) is 7.15. The summed E-state index contributed by atoms with van der Waals surface area (Å²) in [5.41, 5.74) is 10.3. The number of nitrogens with one attached hydrogen (secondary N) is 1. The number of fused-ring (bicyclic) bond motifs is 1. The van der Waals surface area contributed by atoms with Crippen LogP contribution in [0.25, 0.3) is 0 Å². The normalized spacial score (nSPS) is 14.9. The Morgan fingerprint density at radius 2 is 1.86 bits per heavy atom. The maximum absolute atomic E-state index is 12.5. The van der Waals surface area contributed by atoms with Crippen LogP contribution in [0.4, 0.5) is 5.69 Å². The van der Waals surface area contributed by atoms with Crippen molar-refractivity contribution in [3.63, 3.8) is 0 Å². The van der Waals surface area contributed by atoms with Gasteiger partial charge in [0.15, 0.2) is 0 Å². The van der Waals surface area contributed by atoms with Crippen LogP contribution in [-0.4, -0.2) is 16.8 Å². The quantitative estimate of drug-likeness (QED) is 0.696. The number of primary amides is 1. The van der Waals surface area contributed by atoms with E-state index in [4.69, 9.17) is 10.5 Å². The van der Waals surface area contributed by atoms with Crippen molar-refractivity contribution in [3.05, 3.63) is 88.7 Å². The zero-order valence-corrected chi connectivity index (χ0v) is 16.0. The maximum atomic E-state index is 12.5. The summed E-state index contributed by atoms with van der Waals surface area (Å²) in [6, 6.07) is 14.9. The third kappa shape index (κ3) is 4.11. The van der Waals surface area contributed by atoms with Gasteiger partial charge in [-0.1, -0.05) is 23.8 Å². The molecule has 1 aliphatic rings. The molecule has 1 aromatic heterocycles. The molecule has 2 aromatic carbocycles. The first kappa shape index (κ1) is 18.7. The number of anilines is 1. The molecule has 3 N–H and O–H groups in total. The summed E-state index contributed by atoms with van der Waals surface area (Å²) in [6.45, 7) is 1.98. The Labute approximate surface area is 168 Å². The van der Waals surface area contributed by atoms with E-state index in [9.17, 15) is 9.59 Å².